The van der Waals surface area contributed by atoms with Crippen molar-refractivity contribution in [3.8, 4) is 0 Å². The second-order valence-corrected chi connectivity index (χ2v) is 6.32. The normalized spacial score (nSPS) is 30.5. The molecular weight excluding hydrogens is 200 g/mol. The highest BCUT2D eigenvalue weighted by Gasteiger charge is 2.29. The third kappa shape index (κ3) is 2.93. The van der Waals surface area contributed by atoms with Crippen molar-refractivity contribution in [3.05, 3.63) is 0 Å². The maximum Gasteiger partial charge on any atom is 0.214 e. The first-order valence-electron chi connectivity index (χ1n) is 5.19. The molecule has 1 rings (SSSR count). The van der Waals surface area contributed by atoms with Gasteiger partial charge in [-0.1, -0.05) is 13.8 Å². The van der Waals surface area contributed by atoms with E-state index in [-0.39, 0.29) is 11.8 Å². The molecule has 0 aromatic heterocycles. The van der Waals surface area contributed by atoms with Crippen molar-refractivity contribution in [1.29, 1.82) is 0 Å². The summed E-state index contributed by atoms with van der Waals surface area (Å²) in [5, 5.41) is 0. The van der Waals surface area contributed by atoms with Crippen molar-refractivity contribution in [1.82, 2.24) is 4.31 Å². The van der Waals surface area contributed by atoms with E-state index in [1.165, 1.54) is 0 Å². The summed E-state index contributed by atoms with van der Waals surface area (Å²) in [5.41, 5.74) is 5.80. The van der Waals surface area contributed by atoms with E-state index >= 15 is 0 Å². The van der Waals surface area contributed by atoms with Crippen molar-refractivity contribution < 1.29 is 8.42 Å². The zero-order valence-electron chi connectivity index (χ0n) is 8.94. The summed E-state index contributed by atoms with van der Waals surface area (Å²) in [7, 11) is -3.05. The van der Waals surface area contributed by atoms with E-state index in [2.05, 4.69) is 0 Å². The van der Waals surface area contributed by atoms with E-state index in [4.69, 9.17) is 5.73 Å². The Kier molecular flexibility index (Phi) is 3.92. The molecule has 1 aliphatic heterocycles. The molecule has 2 atom stereocenters. The highest BCUT2D eigenvalue weighted by Crippen LogP contribution is 2.18. The van der Waals surface area contributed by atoms with Crippen LogP contribution < -0.4 is 5.73 Å². The molecule has 14 heavy (non-hydrogen) atoms. The number of piperidine rings is 1. The Balaban J connectivity index is 2.68. The molecule has 2 unspecified atom stereocenters. The van der Waals surface area contributed by atoms with Gasteiger partial charge in [0.25, 0.3) is 0 Å². The molecule has 1 aliphatic rings. The number of rotatable bonds is 3. The number of nitrogens with zero attached hydrogens (tertiary/aromatic N) is 1. The van der Waals surface area contributed by atoms with Gasteiger partial charge in [0.15, 0.2) is 0 Å². The van der Waals surface area contributed by atoms with Crippen molar-refractivity contribution in [2.24, 2.45) is 11.7 Å². The lowest BCUT2D eigenvalue weighted by molar-refractivity contribution is 0.254. The molecule has 84 valence electrons. The van der Waals surface area contributed by atoms with Crippen LogP contribution in [0.2, 0.25) is 0 Å². The smallest absolute Gasteiger partial charge is 0.214 e. The molecular formula is C9H20N2O2S. The molecule has 0 saturated carbocycles. The highest BCUT2D eigenvalue weighted by molar-refractivity contribution is 7.89. The monoisotopic (exact) mass is 220 g/mol. The van der Waals surface area contributed by atoms with E-state index in [1.807, 2.05) is 13.8 Å². The van der Waals surface area contributed by atoms with Gasteiger partial charge in [-0.05, 0) is 18.8 Å². The van der Waals surface area contributed by atoms with Gasteiger partial charge in [0, 0.05) is 19.1 Å². The van der Waals surface area contributed by atoms with Gasteiger partial charge in [0.1, 0.15) is 0 Å². The zero-order valence-corrected chi connectivity index (χ0v) is 9.76. The van der Waals surface area contributed by atoms with Crippen molar-refractivity contribution in [2.75, 3.05) is 18.8 Å². The maximum absolute atomic E-state index is 11.7. The molecule has 1 fully saturated rings. The Bertz CT molecular complexity index is 267. The van der Waals surface area contributed by atoms with E-state index in [9.17, 15) is 8.42 Å². The zero-order chi connectivity index (χ0) is 10.8. The molecule has 0 aliphatic carbocycles. The second kappa shape index (κ2) is 4.59. The fourth-order valence-electron chi connectivity index (χ4n) is 1.96. The standard InChI is InChI=1S/C9H20N2O2S/c1-3-4-14(12,13)11-6-8(2)5-9(10)7-11/h8-9H,3-7,10H2,1-2H3. The van der Waals surface area contributed by atoms with Crippen LogP contribution in [0, 0.1) is 5.92 Å². The van der Waals surface area contributed by atoms with Crippen LogP contribution in [0.15, 0.2) is 0 Å². The first-order valence-corrected chi connectivity index (χ1v) is 6.80. The van der Waals surface area contributed by atoms with Crippen molar-refractivity contribution in [3.63, 3.8) is 0 Å². The summed E-state index contributed by atoms with van der Waals surface area (Å²) in [6.07, 6.45) is 1.60. The Labute approximate surface area is 86.5 Å². The average molecular weight is 220 g/mol. The van der Waals surface area contributed by atoms with Crippen LogP contribution in [0.4, 0.5) is 0 Å². The van der Waals surface area contributed by atoms with Crippen LogP contribution in [0.1, 0.15) is 26.7 Å². The summed E-state index contributed by atoms with van der Waals surface area (Å²) in [6.45, 7) is 5.06. The van der Waals surface area contributed by atoms with Gasteiger partial charge < -0.3 is 5.73 Å². The number of hydrogen-bond donors (Lipinski definition) is 1. The lowest BCUT2D eigenvalue weighted by Crippen LogP contribution is -2.49. The van der Waals surface area contributed by atoms with Crippen molar-refractivity contribution in [2.45, 2.75) is 32.7 Å². The van der Waals surface area contributed by atoms with Gasteiger partial charge in [-0.25, -0.2) is 12.7 Å². The minimum absolute atomic E-state index is 0.00498. The predicted octanol–water partition coefficient (Wildman–Crippen LogP) is 0.395. The lowest BCUT2D eigenvalue weighted by Gasteiger charge is -2.33. The van der Waals surface area contributed by atoms with Crippen molar-refractivity contribution >= 4 is 10.0 Å². The first-order chi connectivity index (χ1) is 6.45. The summed E-state index contributed by atoms with van der Waals surface area (Å²) >= 11 is 0. The minimum atomic E-state index is -3.05. The van der Waals surface area contributed by atoms with E-state index in [1.54, 1.807) is 4.31 Å². The van der Waals surface area contributed by atoms with Crippen LogP contribution in [0.3, 0.4) is 0 Å². The molecule has 0 aromatic rings. The summed E-state index contributed by atoms with van der Waals surface area (Å²) in [5.74, 6) is 0.622. The van der Waals surface area contributed by atoms with Gasteiger partial charge in [0.2, 0.25) is 10.0 Å². The molecule has 0 spiro atoms. The molecule has 0 bridgehead atoms. The first kappa shape index (κ1) is 11.9. The van der Waals surface area contributed by atoms with Crippen LogP contribution in [-0.2, 0) is 10.0 Å². The Morgan fingerprint density at radius 1 is 1.43 bits per heavy atom. The van der Waals surface area contributed by atoms with E-state index in [0.717, 1.165) is 6.42 Å². The third-order valence-electron chi connectivity index (χ3n) is 2.51. The van der Waals surface area contributed by atoms with Crippen LogP contribution in [0.5, 0.6) is 0 Å². The van der Waals surface area contributed by atoms with Gasteiger partial charge in [-0.2, -0.15) is 0 Å². The van der Waals surface area contributed by atoms with Crippen LogP contribution in [-0.4, -0.2) is 37.6 Å². The molecule has 0 aromatic carbocycles. The average Bonchev–Trinajstić information content (AvgIpc) is 2.02. The Morgan fingerprint density at radius 3 is 2.57 bits per heavy atom. The fraction of sp³-hybridized carbons (Fsp3) is 1.00. The second-order valence-electron chi connectivity index (χ2n) is 4.23. The van der Waals surface area contributed by atoms with Gasteiger partial charge >= 0.3 is 0 Å². The third-order valence-corrected chi connectivity index (χ3v) is 4.52. The number of sulfonamides is 1. The van der Waals surface area contributed by atoms with Crippen LogP contribution >= 0.6 is 0 Å². The molecule has 1 saturated heterocycles. The predicted molar refractivity (Wildman–Crippen MR) is 57.4 cm³/mol. The Hall–Kier alpha value is -0.130. The highest BCUT2D eigenvalue weighted by atomic mass is 32.2. The molecule has 1 heterocycles. The van der Waals surface area contributed by atoms with Gasteiger partial charge in [0.05, 0.1) is 5.75 Å². The van der Waals surface area contributed by atoms with E-state index in [0.29, 0.717) is 25.4 Å². The topological polar surface area (TPSA) is 63.4 Å². The van der Waals surface area contributed by atoms with Gasteiger partial charge in [-0.15, -0.1) is 0 Å². The van der Waals surface area contributed by atoms with Gasteiger partial charge in [-0.3, -0.25) is 0 Å². The quantitative estimate of drug-likeness (QED) is 0.748. The fourth-order valence-corrected chi connectivity index (χ4v) is 3.64. The van der Waals surface area contributed by atoms with E-state index < -0.39 is 10.0 Å². The molecule has 5 heteroatoms. The molecule has 4 nitrogen and oxygen atoms in total. The maximum atomic E-state index is 11.7. The SMILES string of the molecule is CCCS(=O)(=O)N1CC(C)CC(N)C1. The largest absolute Gasteiger partial charge is 0.326 e. The number of hydrogen-bond acceptors (Lipinski definition) is 3. The lowest BCUT2D eigenvalue weighted by atomic mass is 9.99. The number of nitrogens with two attached hydrogens (primary N) is 1. The Morgan fingerprint density at radius 2 is 2.07 bits per heavy atom. The summed E-state index contributed by atoms with van der Waals surface area (Å²) in [4.78, 5) is 0. The van der Waals surface area contributed by atoms with Crippen LogP contribution in [0.25, 0.3) is 0 Å². The molecule has 0 radical (unpaired) electrons. The minimum Gasteiger partial charge on any atom is -0.326 e. The molecule has 0 amide bonds. The molecule has 2 N–H and O–H groups in total. The summed E-state index contributed by atoms with van der Waals surface area (Å²) in [6, 6.07) is 0.00498. The summed E-state index contributed by atoms with van der Waals surface area (Å²) < 4.78 is 25.0.